The topological polar surface area (TPSA) is 37.4 Å². The van der Waals surface area contributed by atoms with E-state index in [4.69, 9.17) is 0 Å². The highest BCUT2D eigenvalue weighted by Crippen LogP contribution is 2.44. The van der Waals surface area contributed by atoms with Crippen LogP contribution in [0.5, 0.6) is 0 Å². The Labute approximate surface area is 140 Å². The van der Waals surface area contributed by atoms with Gasteiger partial charge in [0.25, 0.3) is 0 Å². The van der Waals surface area contributed by atoms with Gasteiger partial charge in [-0.25, -0.2) is 8.42 Å². The summed E-state index contributed by atoms with van der Waals surface area (Å²) in [5.41, 5.74) is 4.48. The summed E-state index contributed by atoms with van der Waals surface area (Å²) in [7, 11) is -3.46. The Morgan fingerprint density at radius 3 is 2.55 bits per heavy atom. The Bertz CT molecular complexity index is 790. The number of fused-ring (bicyclic) bond motifs is 1. The Hall–Kier alpha value is -1.17. The molecule has 2 aliphatic rings. The van der Waals surface area contributed by atoms with Crippen LogP contribution in [0, 0.1) is 5.92 Å². The summed E-state index contributed by atoms with van der Waals surface area (Å²) in [6, 6.07) is 6.77. The zero-order valence-corrected chi connectivity index (χ0v) is 14.9. The monoisotopic (exact) mass is 379 g/mol. The van der Waals surface area contributed by atoms with E-state index in [1.165, 1.54) is 11.1 Å². The highest BCUT2D eigenvalue weighted by atomic mass is 79.9. The fourth-order valence-electron chi connectivity index (χ4n) is 3.19. The van der Waals surface area contributed by atoms with Crippen molar-refractivity contribution in [1.29, 1.82) is 0 Å². The highest BCUT2D eigenvalue weighted by Gasteiger charge is 2.41. The lowest BCUT2D eigenvalue weighted by atomic mass is 10.0. The fourth-order valence-corrected chi connectivity index (χ4v) is 4.88. The number of hydrogen-bond acceptors (Lipinski definition) is 2. The number of hydrogen-bond donors (Lipinski definition) is 0. The van der Waals surface area contributed by atoms with Crippen molar-refractivity contribution < 1.29 is 8.42 Å². The third kappa shape index (κ3) is 2.51. The molecule has 1 aromatic carbocycles. The molecule has 22 heavy (non-hydrogen) atoms. The van der Waals surface area contributed by atoms with E-state index in [1.54, 1.807) is 28.6 Å². The van der Waals surface area contributed by atoms with Crippen LogP contribution in [0.3, 0.4) is 0 Å². The minimum absolute atomic E-state index is 0.150. The van der Waals surface area contributed by atoms with Crippen LogP contribution < -0.4 is 0 Å². The summed E-state index contributed by atoms with van der Waals surface area (Å²) < 4.78 is 28.0. The van der Waals surface area contributed by atoms with E-state index >= 15 is 0 Å². The average molecular weight is 380 g/mol. The van der Waals surface area contributed by atoms with Crippen molar-refractivity contribution >= 4 is 26.0 Å². The maximum Gasteiger partial charge on any atom is 0.243 e. The van der Waals surface area contributed by atoms with Gasteiger partial charge in [0.05, 0.1) is 4.90 Å². The largest absolute Gasteiger partial charge is 0.243 e. The van der Waals surface area contributed by atoms with Crippen LogP contribution in [0.4, 0.5) is 0 Å². The van der Waals surface area contributed by atoms with Crippen LogP contribution in [0.1, 0.15) is 13.3 Å². The van der Waals surface area contributed by atoms with Gasteiger partial charge >= 0.3 is 0 Å². The second-order valence-electron chi connectivity index (χ2n) is 5.92. The van der Waals surface area contributed by atoms with Crippen LogP contribution in [0.15, 0.2) is 69.1 Å². The number of allylic oxidation sites excluding steroid dienone is 2. The summed E-state index contributed by atoms with van der Waals surface area (Å²) in [6.07, 6.45) is 0.835. The minimum Gasteiger partial charge on any atom is -0.207 e. The Kier molecular flexibility index (Phi) is 3.91. The molecular formula is C17H18BrNO2S. The predicted octanol–water partition coefficient (Wildman–Crippen LogP) is 3.90. The SMILES string of the molecule is C=C(C)C1=C2CN(S(=O)(=O)c3ccc(Br)cc3)CC2C(=C)C1. The highest BCUT2D eigenvalue weighted by molar-refractivity contribution is 9.10. The molecule has 3 nitrogen and oxygen atoms in total. The van der Waals surface area contributed by atoms with Gasteiger partial charge in [0.1, 0.15) is 0 Å². The molecule has 1 aliphatic carbocycles. The molecule has 0 radical (unpaired) electrons. The maximum absolute atomic E-state index is 12.8. The molecule has 0 aromatic heterocycles. The van der Waals surface area contributed by atoms with Crippen LogP contribution in [-0.4, -0.2) is 25.8 Å². The molecule has 1 saturated heterocycles. The molecule has 0 bridgehead atoms. The molecule has 1 fully saturated rings. The molecule has 3 rings (SSSR count). The van der Waals surface area contributed by atoms with Crippen molar-refractivity contribution in [3.8, 4) is 0 Å². The van der Waals surface area contributed by atoms with E-state index in [0.717, 1.165) is 22.0 Å². The Morgan fingerprint density at radius 1 is 1.32 bits per heavy atom. The number of nitrogens with zero attached hydrogens (tertiary/aromatic N) is 1. The summed E-state index contributed by atoms with van der Waals surface area (Å²) in [6.45, 7) is 11.0. The lowest BCUT2D eigenvalue weighted by molar-refractivity contribution is 0.467. The van der Waals surface area contributed by atoms with Crippen molar-refractivity contribution in [2.45, 2.75) is 18.2 Å². The number of halogens is 1. The molecule has 5 heteroatoms. The average Bonchev–Trinajstić information content (AvgIpc) is 3.01. The van der Waals surface area contributed by atoms with Gasteiger partial charge in [-0.15, -0.1) is 0 Å². The van der Waals surface area contributed by atoms with Gasteiger partial charge in [-0.05, 0) is 48.8 Å². The lowest BCUT2D eigenvalue weighted by Crippen LogP contribution is -2.29. The third-order valence-electron chi connectivity index (χ3n) is 4.40. The first-order chi connectivity index (χ1) is 10.3. The first-order valence-electron chi connectivity index (χ1n) is 7.12. The van der Waals surface area contributed by atoms with Crippen molar-refractivity contribution in [3.05, 3.63) is 64.2 Å². The van der Waals surface area contributed by atoms with Crippen LogP contribution >= 0.6 is 15.9 Å². The van der Waals surface area contributed by atoms with E-state index in [9.17, 15) is 8.42 Å². The quantitative estimate of drug-likeness (QED) is 0.746. The standard InChI is InChI=1S/C17H18BrNO2S/c1-11(2)15-8-12(3)16-9-19(10-17(15)16)22(20,21)14-6-4-13(18)5-7-14/h4-7,16H,1,3,8-10H2,2H3. The van der Waals surface area contributed by atoms with Gasteiger partial charge in [0, 0.05) is 23.5 Å². The van der Waals surface area contributed by atoms with Gasteiger partial charge < -0.3 is 0 Å². The number of rotatable bonds is 3. The smallest absolute Gasteiger partial charge is 0.207 e. The van der Waals surface area contributed by atoms with Gasteiger partial charge in [0.2, 0.25) is 10.0 Å². The van der Waals surface area contributed by atoms with E-state index in [2.05, 4.69) is 29.1 Å². The molecule has 1 heterocycles. The summed E-state index contributed by atoms with van der Waals surface area (Å²) >= 11 is 3.33. The molecule has 1 aliphatic heterocycles. The van der Waals surface area contributed by atoms with Gasteiger partial charge in [0.15, 0.2) is 0 Å². The second kappa shape index (κ2) is 5.48. The predicted molar refractivity (Wildman–Crippen MR) is 92.0 cm³/mol. The van der Waals surface area contributed by atoms with E-state index in [0.29, 0.717) is 18.0 Å². The van der Waals surface area contributed by atoms with Gasteiger partial charge in [-0.3, -0.25) is 0 Å². The molecular weight excluding hydrogens is 362 g/mol. The molecule has 0 saturated carbocycles. The molecule has 0 N–H and O–H groups in total. The molecule has 116 valence electrons. The summed E-state index contributed by atoms with van der Waals surface area (Å²) in [5.74, 6) is 0.150. The van der Waals surface area contributed by atoms with Crippen molar-refractivity contribution in [2.24, 2.45) is 5.92 Å². The number of sulfonamides is 1. The molecule has 1 unspecified atom stereocenters. The van der Waals surface area contributed by atoms with Crippen molar-refractivity contribution in [1.82, 2.24) is 4.31 Å². The second-order valence-corrected chi connectivity index (χ2v) is 8.78. The van der Waals surface area contributed by atoms with Crippen LogP contribution in [0.2, 0.25) is 0 Å². The zero-order chi connectivity index (χ0) is 16.1. The maximum atomic E-state index is 12.8. The normalized spacial score (nSPS) is 22.3. The summed E-state index contributed by atoms with van der Waals surface area (Å²) in [5, 5.41) is 0. The zero-order valence-electron chi connectivity index (χ0n) is 12.5. The van der Waals surface area contributed by atoms with Crippen molar-refractivity contribution in [3.63, 3.8) is 0 Å². The fraction of sp³-hybridized carbons (Fsp3) is 0.294. The van der Waals surface area contributed by atoms with Crippen LogP contribution in [-0.2, 0) is 10.0 Å². The van der Waals surface area contributed by atoms with Crippen molar-refractivity contribution in [2.75, 3.05) is 13.1 Å². The first-order valence-corrected chi connectivity index (χ1v) is 9.35. The Morgan fingerprint density at radius 2 is 1.95 bits per heavy atom. The molecule has 1 atom stereocenters. The van der Waals surface area contributed by atoms with E-state index in [-0.39, 0.29) is 5.92 Å². The third-order valence-corrected chi connectivity index (χ3v) is 6.76. The molecule has 0 spiro atoms. The lowest BCUT2D eigenvalue weighted by Gasteiger charge is -2.17. The summed E-state index contributed by atoms with van der Waals surface area (Å²) in [4.78, 5) is 0.332. The van der Waals surface area contributed by atoms with E-state index in [1.807, 2.05) is 6.92 Å². The molecule has 1 aromatic rings. The van der Waals surface area contributed by atoms with Gasteiger partial charge in [-0.2, -0.15) is 4.31 Å². The minimum atomic E-state index is -3.46. The van der Waals surface area contributed by atoms with Crippen LogP contribution in [0.25, 0.3) is 0 Å². The molecule has 0 amide bonds. The number of benzene rings is 1. The van der Waals surface area contributed by atoms with Gasteiger partial charge in [-0.1, -0.05) is 40.2 Å². The Balaban J connectivity index is 1.95. The van der Waals surface area contributed by atoms with E-state index < -0.39 is 10.0 Å². The first kappa shape index (κ1) is 15.7.